The largest absolute Gasteiger partial charge is 0.385 e. The first-order valence-electron chi connectivity index (χ1n) is 6.97. The Bertz CT molecular complexity index is 479. The molecule has 1 amide bonds. The average Bonchev–Trinajstić information content (AvgIpc) is 2.52. The van der Waals surface area contributed by atoms with E-state index in [-0.39, 0.29) is 5.91 Å². The van der Waals surface area contributed by atoms with Crippen molar-refractivity contribution in [3.63, 3.8) is 0 Å². The minimum Gasteiger partial charge on any atom is -0.385 e. The van der Waals surface area contributed by atoms with Gasteiger partial charge in [-0.2, -0.15) is 0 Å². The second kappa shape index (κ2) is 10.1. The number of amides is 1. The highest BCUT2D eigenvalue weighted by Gasteiger charge is 2.10. The molecular formula is C15H23N3O3S. The number of nitrogens with one attached hydrogen (secondary N) is 2. The topological polar surface area (TPSA) is 62.8 Å². The van der Waals surface area contributed by atoms with Gasteiger partial charge in [-0.1, -0.05) is 12.1 Å². The highest BCUT2D eigenvalue weighted by molar-refractivity contribution is 7.80. The molecule has 0 atom stereocenters. The van der Waals surface area contributed by atoms with Crippen molar-refractivity contribution < 1.29 is 14.3 Å². The van der Waals surface area contributed by atoms with Crippen molar-refractivity contribution in [2.75, 3.05) is 34.4 Å². The third-order valence-corrected chi connectivity index (χ3v) is 3.32. The van der Waals surface area contributed by atoms with Crippen molar-refractivity contribution in [1.29, 1.82) is 0 Å². The van der Waals surface area contributed by atoms with E-state index in [4.69, 9.17) is 21.7 Å². The summed E-state index contributed by atoms with van der Waals surface area (Å²) in [5.74, 6) is -0.215. The molecule has 7 heteroatoms. The summed E-state index contributed by atoms with van der Waals surface area (Å²) in [5, 5.41) is 5.00. The molecule has 122 valence electrons. The lowest BCUT2D eigenvalue weighted by molar-refractivity contribution is 0.0886. The SMILES string of the molecule is COCCCNC(=S)N(C)NC(=O)c1ccc(COC)cc1. The molecule has 0 aliphatic rings. The molecule has 0 heterocycles. The van der Waals surface area contributed by atoms with Gasteiger partial charge in [-0.25, -0.2) is 0 Å². The highest BCUT2D eigenvalue weighted by Crippen LogP contribution is 2.05. The summed E-state index contributed by atoms with van der Waals surface area (Å²) in [7, 11) is 4.99. The predicted molar refractivity (Wildman–Crippen MR) is 89.5 cm³/mol. The lowest BCUT2D eigenvalue weighted by atomic mass is 10.1. The van der Waals surface area contributed by atoms with Crippen LogP contribution in [0.5, 0.6) is 0 Å². The summed E-state index contributed by atoms with van der Waals surface area (Å²) >= 11 is 5.19. The van der Waals surface area contributed by atoms with Crippen LogP contribution in [0, 0.1) is 0 Å². The van der Waals surface area contributed by atoms with Crippen molar-refractivity contribution in [1.82, 2.24) is 15.8 Å². The van der Waals surface area contributed by atoms with Crippen LogP contribution < -0.4 is 10.7 Å². The number of benzene rings is 1. The van der Waals surface area contributed by atoms with E-state index in [1.54, 1.807) is 33.4 Å². The fraction of sp³-hybridized carbons (Fsp3) is 0.467. The van der Waals surface area contributed by atoms with E-state index < -0.39 is 0 Å². The van der Waals surface area contributed by atoms with Gasteiger partial charge >= 0.3 is 0 Å². The van der Waals surface area contributed by atoms with Gasteiger partial charge in [0, 0.05) is 40.0 Å². The zero-order valence-corrected chi connectivity index (χ0v) is 14.0. The molecule has 22 heavy (non-hydrogen) atoms. The Hall–Kier alpha value is -1.70. The van der Waals surface area contributed by atoms with Crippen molar-refractivity contribution in [2.24, 2.45) is 0 Å². The first-order chi connectivity index (χ1) is 10.6. The smallest absolute Gasteiger partial charge is 0.269 e. The van der Waals surface area contributed by atoms with Gasteiger partial charge in [-0.3, -0.25) is 15.2 Å². The van der Waals surface area contributed by atoms with E-state index in [9.17, 15) is 4.79 Å². The molecule has 2 N–H and O–H groups in total. The molecule has 0 unspecified atom stereocenters. The molecule has 0 spiro atoms. The average molecular weight is 325 g/mol. The van der Waals surface area contributed by atoms with Gasteiger partial charge in [0.2, 0.25) is 0 Å². The van der Waals surface area contributed by atoms with Gasteiger partial charge in [0.25, 0.3) is 5.91 Å². The molecule has 1 aromatic rings. The van der Waals surface area contributed by atoms with Crippen LogP contribution in [-0.2, 0) is 16.1 Å². The Labute approximate surface area is 136 Å². The van der Waals surface area contributed by atoms with E-state index in [1.165, 1.54) is 5.01 Å². The van der Waals surface area contributed by atoms with E-state index in [1.807, 2.05) is 12.1 Å². The lowest BCUT2D eigenvalue weighted by Gasteiger charge is -2.21. The summed E-state index contributed by atoms with van der Waals surface area (Å²) in [6.45, 7) is 1.88. The fourth-order valence-electron chi connectivity index (χ4n) is 1.72. The molecular weight excluding hydrogens is 302 g/mol. The zero-order valence-electron chi connectivity index (χ0n) is 13.2. The molecule has 0 fully saturated rings. The zero-order chi connectivity index (χ0) is 16.4. The van der Waals surface area contributed by atoms with Crippen LogP contribution in [0.2, 0.25) is 0 Å². The summed E-state index contributed by atoms with van der Waals surface area (Å²) in [6, 6.07) is 7.23. The molecule has 0 aliphatic heterocycles. The molecule has 0 aliphatic carbocycles. The number of hydrazine groups is 1. The summed E-state index contributed by atoms with van der Waals surface area (Å²) in [5.41, 5.74) is 4.30. The number of hydrogen-bond donors (Lipinski definition) is 2. The summed E-state index contributed by atoms with van der Waals surface area (Å²) in [6.07, 6.45) is 0.847. The third-order valence-electron chi connectivity index (χ3n) is 2.90. The number of ether oxygens (including phenoxy) is 2. The standard InChI is InChI=1S/C15H23N3O3S/c1-18(15(22)16-9-4-10-20-2)17-14(19)13-7-5-12(6-8-13)11-21-3/h5-8H,4,9-11H2,1-3H3,(H,16,22)(H,17,19). The normalized spacial score (nSPS) is 10.1. The summed E-state index contributed by atoms with van der Waals surface area (Å²) < 4.78 is 9.99. The van der Waals surface area contributed by atoms with Crippen molar-refractivity contribution >= 4 is 23.2 Å². The molecule has 6 nitrogen and oxygen atoms in total. The van der Waals surface area contributed by atoms with E-state index in [2.05, 4.69) is 10.7 Å². The van der Waals surface area contributed by atoms with Crippen LogP contribution in [-0.4, -0.2) is 50.4 Å². The second-order valence-corrected chi connectivity index (χ2v) is 5.09. The maximum absolute atomic E-state index is 12.1. The Morgan fingerprint density at radius 2 is 1.91 bits per heavy atom. The molecule has 0 radical (unpaired) electrons. The number of carbonyl (C=O) groups excluding carboxylic acids is 1. The van der Waals surface area contributed by atoms with Crippen LogP contribution in [0.15, 0.2) is 24.3 Å². The van der Waals surface area contributed by atoms with Gasteiger partial charge in [0.05, 0.1) is 6.61 Å². The van der Waals surface area contributed by atoms with Crippen LogP contribution in [0.25, 0.3) is 0 Å². The Balaban J connectivity index is 2.44. The minimum absolute atomic E-state index is 0.215. The number of nitrogens with zero attached hydrogens (tertiary/aromatic N) is 1. The number of methoxy groups -OCH3 is 2. The Morgan fingerprint density at radius 1 is 1.23 bits per heavy atom. The maximum atomic E-state index is 12.1. The monoisotopic (exact) mass is 325 g/mol. The molecule has 1 rings (SSSR count). The molecule has 0 bridgehead atoms. The predicted octanol–water partition coefficient (Wildman–Crippen LogP) is 1.32. The summed E-state index contributed by atoms with van der Waals surface area (Å²) in [4.78, 5) is 12.1. The van der Waals surface area contributed by atoms with Gasteiger partial charge in [-0.15, -0.1) is 0 Å². The van der Waals surface area contributed by atoms with Crippen LogP contribution in [0.1, 0.15) is 22.3 Å². The van der Waals surface area contributed by atoms with Crippen LogP contribution in [0.3, 0.4) is 0 Å². The van der Waals surface area contributed by atoms with Gasteiger partial charge in [0.1, 0.15) is 0 Å². The lowest BCUT2D eigenvalue weighted by Crippen LogP contribution is -2.48. The molecule has 1 aromatic carbocycles. The number of carbonyl (C=O) groups is 1. The van der Waals surface area contributed by atoms with Crippen LogP contribution >= 0.6 is 12.2 Å². The van der Waals surface area contributed by atoms with E-state index >= 15 is 0 Å². The molecule has 0 aromatic heterocycles. The van der Waals surface area contributed by atoms with Crippen molar-refractivity contribution in [3.05, 3.63) is 35.4 Å². The van der Waals surface area contributed by atoms with Crippen LogP contribution in [0.4, 0.5) is 0 Å². The Morgan fingerprint density at radius 3 is 2.50 bits per heavy atom. The highest BCUT2D eigenvalue weighted by atomic mass is 32.1. The minimum atomic E-state index is -0.215. The number of rotatable bonds is 7. The second-order valence-electron chi connectivity index (χ2n) is 4.71. The first-order valence-corrected chi connectivity index (χ1v) is 7.38. The number of hydrogen-bond acceptors (Lipinski definition) is 4. The van der Waals surface area contributed by atoms with Gasteiger partial charge in [-0.05, 0) is 36.3 Å². The Kier molecular flexibility index (Phi) is 8.42. The van der Waals surface area contributed by atoms with Gasteiger partial charge in [0.15, 0.2) is 5.11 Å². The van der Waals surface area contributed by atoms with Crippen molar-refractivity contribution in [3.8, 4) is 0 Å². The maximum Gasteiger partial charge on any atom is 0.269 e. The molecule has 0 saturated carbocycles. The number of thiocarbonyl (C=S) groups is 1. The van der Waals surface area contributed by atoms with Gasteiger partial charge < -0.3 is 14.8 Å². The van der Waals surface area contributed by atoms with E-state index in [0.29, 0.717) is 30.4 Å². The fourth-order valence-corrected chi connectivity index (χ4v) is 1.86. The van der Waals surface area contributed by atoms with E-state index in [0.717, 1.165) is 12.0 Å². The third kappa shape index (κ3) is 6.38. The molecule has 0 saturated heterocycles. The first kappa shape index (κ1) is 18.3. The van der Waals surface area contributed by atoms with Crippen molar-refractivity contribution in [2.45, 2.75) is 13.0 Å². The quantitative estimate of drug-likeness (QED) is 0.448.